The lowest BCUT2D eigenvalue weighted by atomic mass is 9.56. The van der Waals surface area contributed by atoms with E-state index in [1.807, 2.05) is 40.7 Å². The smallest absolute Gasteiger partial charge is 0.434 e. The molecule has 0 N–H and O–H groups in total. The summed E-state index contributed by atoms with van der Waals surface area (Å²) in [5.41, 5.74) is -3.95. The number of nitriles is 1. The highest BCUT2D eigenvalue weighted by molar-refractivity contribution is 5.79. The predicted molar refractivity (Wildman–Crippen MR) is 120 cm³/mol. The van der Waals surface area contributed by atoms with Gasteiger partial charge >= 0.3 is 24.3 Å². The first kappa shape index (κ1) is 29.9. The van der Waals surface area contributed by atoms with Gasteiger partial charge in [0.15, 0.2) is 0 Å². The Morgan fingerprint density at radius 2 is 1.67 bits per heavy atom. The zero-order valence-corrected chi connectivity index (χ0v) is 22.5. The van der Waals surface area contributed by atoms with Crippen molar-refractivity contribution >= 4 is 11.9 Å². The van der Waals surface area contributed by atoms with E-state index in [1.165, 1.54) is 0 Å². The van der Waals surface area contributed by atoms with Crippen molar-refractivity contribution in [3.05, 3.63) is 0 Å². The van der Waals surface area contributed by atoms with Crippen molar-refractivity contribution < 1.29 is 54.9 Å². The summed E-state index contributed by atoms with van der Waals surface area (Å²) in [6.45, 7) is 10.7. The van der Waals surface area contributed by atoms with Crippen molar-refractivity contribution in [3.63, 3.8) is 0 Å². The molecule has 0 aromatic heterocycles. The summed E-state index contributed by atoms with van der Waals surface area (Å²) in [5.74, 6) is -5.69. The second-order valence-electron chi connectivity index (χ2n) is 13.2. The van der Waals surface area contributed by atoms with Gasteiger partial charge in [-0.05, 0) is 37.0 Å². The van der Waals surface area contributed by atoms with E-state index >= 15 is 0 Å². The van der Waals surface area contributed by atoms with Crippen molar-refractivity contribution in [3.8, 4) is 6.07 Å². The maximum absolute atomic E-state index is 13.6. The quantitative estimate of drug-likeness (QED) is 0.321. The summed E-state index contributed by atoms with van der Waals surface area (Å²) < 4.78 is 100. The second kappa shape index (κ2) is 8.96. The molecule has 0 aromatic rings. The van der Waals surface area contributed by atoms with Crippen molar-refractivity contribution in [2.75, 3.05) is 13.4 Å². The molecule has 0 aromatic carbocycles. The van der Waals surface area contributed by atoms with E-state index in [9.17, 15) is 41.2 Å². The number of esters is 2. The lowest BCUT2D eigenvalue weighted by molar-refractivity contribution is -0.315. The summed E-state index contributed by atoms with van der Waals surface area (Å²) in [6, 6.07) is 1.96. The minimum absolute atomic E-state index is 0.128. The average molecular weight is 570 g/mol. The van der Waals surface area contributed by atoms with Crippen LogP contribution in [0.25, 0.3) is 0 Å². The van der Waals surface area contributed by atoms with Gasteiger partial charge in [-0.25, -0.2) is 0 Å². The number of nitrogens with zero attached hydrogens (tertiary/aromatic N) is 1. The van der Waals surface area contributed by atoms with Gasteiger partial charge in [0.1, 0.15) is 24.4 Å². The number of carbonyl (C=O) groups excluding carboxylic acids is 2. The molecule has 1 aliphatic heterocycles. The van der Waals surface area contributed by atoms with Crippen LogP contribution in [0.1, 0.15) is 54.4 Å². The van der Waals surface area contributed by atoms with Gasteiger partial charge in [0, 0.05) is 11.3 Å². The third kappa shape index (κ3) is 4.49. The standard InChI is InChI=1S/C26H33F6NO6/c1-12(2)22(6,8-21(3,4)5)20(35)38-17-15-16-23(9-33,10-36-11-37-15)14(13-7-24(13,16)17)18(34)39-19(25(27,28)29)26(30,31)32/h12-17,19H,7-8,10-11H2,1-6H3. The van der Waals surface area contributed by atoms with Crippen LogP contribution < -0.4 is 0 Å². The molecule has 7 nitrogen and oxygen atoms in total. The van der Waals surface area contributed by atoms with Crippen LogP contribution in [0.15, 0.2) is 0 Å². The fraction of sp³-hybridized carbons (Fsp3) is 0.885. The van der Waals surface area contributed by atoms with Gasteiger partial charge in [-0.3, -0.25) is 9.59 Å². The molecule has 4 aliphatic rings. The van der Waals surface area contributed by atoms with Crippen LogP contribution in [0.2, 0.25) is 0 Å². The van der Waals surface area contributed by atoms with Crippen LogP contribution in [-0.4, -0.2) is 56.0 Å². The summed E-state index contributed by atoms with van der Waals surface area (Å²) >= 11 is 0. The number of hydrogen-bond acceptors (Lipinski definition) is 7. The molecule has 4 rings (SSSR count). The van der Waals surface area contributed by atoms with Crippen LogP contribution in [0.5, 0.6) is 0 Å². The van der Waals surface area contributed by atoms with Gasteiger partial charge in [-0.1, -0.05) is 34.6 Å². The average Bonchev–Trinajstić information content (AvgIpc) is 3.50. The maximum Gasteiger partial charge on any atom is 0.434 e. The van der Waals surface area contributed by atoms with Gasteiger partial charge in [-0.2, -0.15) is 31.6 Å². The number of halogens is 6. The molecule has 13 heteroatoms. The summed E-state index contributed by atoms with van der Waals surface area (Å²) in [4.78, 5) is 26.6. The fourth-order valence-corrected chi connectivity index (χ4v) is 7.40. The zero-order chi connectivity index (χ0) is 29.6. The summed E-state index contributed by atoms with van der Waals surface area (Å²) in [7, 11) is 0. The van der Waals surface area contributed by atoms with Gasteiger partial charge in [0.2, 0.25) is 0 Å². The normalized spacial score (nSPS) is 37.1. The largest absolute Gasteiger partial charge is 0.459 e. The Labute approximate surface area is 222 Å². The molecule has 0 amide bonds. The molecule has 1 saturated heterocycles. The van der Waals surface area contributed by atoms with Crippen LogP contribution in [0, 0.1) is 56.7 Å². The maximum atomic E-state index is 13.6. The van der Waals surface area contributed by atoms with Crippen molar-refractivity contribution in [2.45, 2.75) is 85.0 Å². The van der Waals surface area contributed by atoms with Crippen LogP contribution >= 0.6 is 0 Å². The highest BCUT2D eigenvalue weighted by atomic mass is 19.4. The van der Waals surface area contributed by atoms with E-state index in [0.717, 1.165) is 0 Å². The Balaban J connectivity index is 1.66. The second-order valence-corrected chi connectivity index (χ2v) is 13.2. The highest BCUT2D eigenvalue weighted by Crippen LogP contribution is 2.84. The zero-order valence-electron chi connectivity index (χ0n) is 22.5. The van der Waals surface area contributed by atoms with Crippen LogP contribution in [0.4, 0.5) is 26.3 Å². The third-order valence-electron chi connectivity index (χ3n) is 9.20. The van der Waals surface area contributed by atoms with E-state index < -0.39 is 83.2 Å². The number of alkyl halides is 6. The Morgan fingerprint density at radius 3 is 2.15 bits per heavy atom. The van der Waals surface area contributed by atoms with Gasteiger partial charge in [-0.15, -0.1) is 0 Å². The van der Waals surface area contributed by atoms with E-state index in [1.54, 1.807) is 6.92 Å². The SMILES string of the molecule is CC(C)C(C)(CC(C)(C)C)C(=O)OC1C2OCOCC3(C#N)C(C(=O)OC(C(F)(F)F)C(F)(F)F)C4CC41C23. The molecule has 3 saturated carbocycles. The summed E-state index contributed by atoms with van der Waals surface area (Å²) in [6.07, 6.45) is -17.3. The Bertz CT molecular complexity index is 1050. The number of hydrogen-bond donors (Lipinski definition) is 0. The van der Waals surface area contributed by atoms with Crippen molar-refractivity contribution in [2.24, 2.45) is 45.3 Å². The molecule has 8 atom stereocenters. The van der Waals surface area contributed by atoms with Gasteiger partial charge in [0.05, 0.1) is 24.0 Å². The van der Waals surface area contributed by atoms with E-state index in [0.29, 0.717) is 6.42 Å². The lowest BCUT2D eigenvalue weighted by Gasteiger charge is -2.53. The molecule has 1 heterocycles. The third-order valence-corrected chi connectivity index (χ3v) is 9.20. The summed E-state index contributed by atoms with van der Waals surface area (Å²) in [5, 5.41) is 10.2. The number of rotatable bonds is 6. The first-order chi connectivity index (χ1) is 17.7. The minimum atomic E-state index is -5.90. The van der Waals surface area contributed by atoms with Crippen molar-refractivity contribution in [1.29, 1.82) is 5.26 Å². The topological polar surface area (TPSA) is 94.9 Å². The molecule has 1 spiro atoms. The highest BCUT2D eigenvalue weighted by Gasteiger charge is 2.90. The van der Waals surface area contributed by atoms with E-state index in [4.69, 9.17) is 14.2 Å². The molecular weight excluding hydrogens is 536 g/mol. The van der Waals surface area contributed by atoms with Crippen LogP contribution in [-0.2, 0) is 28.5 Å². The Kier molecular flexibility index (Phi) is 6.87. The van der Waals surface area contributed by atoms with Crippen LogP contribution in [0.3, 0.4) is 0 Å². The lowest BCUT2D eigenvalue weighted by Crippen LogP contribution is -2.64. The number of carbonyl (C=O) groups is 2. The Morgan fingerprint density at radius 1 is 1.08 bits per heavy atom. The van der Waals surface area contributed by atoms with Crippen molar-refractivity contribution in [1.82, 2.24) is 0 Å². The monoisotopic (exact) mass is 569 g/mol. The predicted octanol–water partition coefficient (Wildman–Crippen LogP) is 5.18. The molecule has 39 heavy (non-hydrogen) atoms. The molecule has 3 aliphatic carbocycles. The minimum Gasteiger partial charge on any atom is -0.459 e. The molecule has 220 valence electrons. The molecule has 8 unspecified atom stereocenters. The molecule has 0 bridgehead atoms. The first-order valence-electron chi connectivity index (χ1n) is 12.8. The molecular formula is C26H33F6NO6. The molecule has 4 fully saturated rings. The first-order valence-corrected chi connectivity index (χ1v) is 12.8. The molecule has 0 radical (unpaired) electrons. The van der Waals surface area contributed by atoms with E-state index in [2.05, 4.69) is 4.74 Å². The number of ether oxygens (including phenoxy) is 4. The Hall–Kier alpha value is -2.07. The van der Waals surface area contributed by atoms with E-state index in [-0.39, 0.29) is 24.5 Å². The van der Waals surface area contributed by atoms with Gasteiger partial charge < -0.3 is 18.9 Å². The fourth-order valence-electron chi connectivity index (χ4n) is 7.40. The van der Waals surface area contributed by atoms with Gasteiger partial charge in [0.25, 0.3) is 6.10 Å².